The van der Waals surface area contributed by atoms with Crippen molar-refractivity contribution in [2.75, 3.05) is 19.6 Å². The van der Waals surface area contributed by atoms with Gasteiger partial charge in [0, 0.05) is 13.0 Å². The third-order valence-corrected chi connectivity index (χ3v) is 1.67. The number of amides is 1. The van der Waals surface area contributed by atoms with Crippen molar-refractivity contribution >= 4 is 5.91 Å². The van der Waals surface area contributed by atoms with Crippen LogP contribution in [0.5, 0.6) is 0 Å². The van der Waals surface area contributed by atoms with Crippen LogP contribution in [0.1, 0.15) is 26.2 Å². The molecule has 0 radical (unpaired) electrons. The highest BCUT2D eigenvalue weighted by molar-refractivity contribution is 5.77. The SMILES string of the molecule is CCCNCC(=O)NCCCC(F)(F)F. The van der Waals surface area contributed by atoms with Crippen molar-refractivity contribution in [1.82, 2.24) is 10.6 Å². The summed E-state index contributed by atoms with van der Waals surface area (Å²) in [5.41, 5.74) is 0. The van der Waals surface area contributed by atoms with Crippen LogP contribution < -0.4 is 10.6 Å². The topological polar surface area (TPSA) is 41.1 Å². The highest BCUT2D eigenvalue weighted by Crippen LogP contribution is 2.20. The Kier molecular flexibility index (Phi) is 7.11. The van der Waals surface area contributed by atoms with Crippen LogP contribution in [0.25, 0.3) is 0 Å². The van der Waals surface area contributed by atoms with Gasteiger partial charge in [0.05, 0.1) is 6.54 Å². The van der Waals surface area contributed by atoms with E-state index < -0.39 is 12.6 Å². The molecule has 0 aliphatic rings. The van der Waals surface area contributed by atoms with Gasteiger partial charge in [-0.15, -0.1) is 0 Å². The minimum absolute atomic E-state index is 0.0665. The van der Waals surface area contributed by atoms with E-state index in [0.29, 0.717) is 0 Å². The number of nitrogens with one attached hydrogen (secondary N) is 2. The zero-order chi connectivity index (χ0) is 11.7. The molecule has 0 atom stereocenters. The van der Waals surface area contributed by atoms with E-state index in [9.17, 15) is 18.0 Å². The molecule has 0 rings (SSSR count). The third kappa shape index (κ3) is 11.1. The second kappa shape index (κ2) is 7.50. The highest BCUT2D eigenvalue weighted by atomic mass is 19.4. The second-order valence-corrected chi connectivity index (χ2v) is 3.25. The van der Waals surface area contributed by atoms with E-state index >= 15 is 0 Å². The molecule has 0 aromatic heterocycles. The smallest absolute Gasteiger partial charge is 0.355 e. The number of hydrogen-bond acceptors (Lipinski definition) is 2. The predicted octanol–water partition coefficient (Wildman–Crippen LogP) is 1.44. The molecule has 0 heterocycles. The summed E-state index contributed by atoms with van der Waals surface area (Å²) in [5, 5.41) is 5.27. The van der Waals surface area contributed by atoms with E-state index in [0.717, 1.165) is 13.0 Å². The lowest BCUT2D eigenvalue weighted by Crippen LogP contribution is -2.34. The van der Waals surface area contributed by atoms with Gasteiger partial charge >= 0.3 is 6.18 Å². The van der Waals surface area contributed by atoms with Crippen LogP contribution in [0.2, 0.25) is 0 Å². The summed E-state index contributed by atoms with van der Waals surface area (Å²) in [6.07, 6.45) is -4.13. The van der Waals surface area contributed by atoms with Gasteiger partial charge in [-0.2, -0.15) is 13.2 Å². The van der Waals surface area contributed by atoms with E-state index in [1.807, 2.05) is 6.92 Å². The Morgan fingerprint density at radius 3 is 2.47 bits per heavy atom. The molecule has 0 fully saturated rings. The Balaban J connectivity index is 3.32. The lowest BCUT2D eigenvalue weighted by molar-refractivity contribution is -0.136. The van der Waals surface area contributed by atoms with E-state index in [2.05, 4.69) is 10.6 Å². The number of alkyl halides is 3. The number of carbonyl (C=O) groups is 1. The van der Waals surface area contributed by atoms with Crippen LogP contribution in [0.4, 0.5) is 13.2 Å². The summed E-state index contributed by atoms with van der Waals surface area (Å²) in [6.45, 7) is 2.94. The maximum Gasteiger partial charge on any atom is 0.389 e. The molecule has 0 saturated heterocycles. The van der Waals surface area contributed by atoms with E-state index in [1.54, 1.807) is 0 Å². The summed E-state index contributed by atoms with van der Waals surface area (Å²) in [4.78, 5) is 11.0. The summed E-state index contributed by atoms with van der Waals surface area (Å²) >= 11 is 0. The highest BCUT2D eigenvalue weighted by Gasteiger charge is 2.25. The molecule has 0 saturated carbocycles. The van der Waals surface area contributed by atoms with Crippen LogP contribution in [0, 0.1) is 0 Å². The molecule has 0 spiro atoms. The van der Waals surface area contributed by atoms with Crippen LogP contribution in [0.3, 0.4) is 0 Å². The molecule has 0 aliphatic heterocycles. The fourth-order valence-electron chi connectivity index (χ4n) is 0.958. The summed E-state index contributed by atoms with van der Waals surface area (Å²) < 4.78 is 35.1. The number of hydrogen-bond donors (Lipinski definition) is 2. The van der Waals surface area contributed by atoms with Gasteiger partial charge in [-0.1, -0.05) is 6.92 Å². The molecule has 0 aromatic rings. The molecule has 0 aliphatic carbocycles. The third-order valence-electron chi connectivity index (χ3n) is 1.67. The Morgan fingerprint density at radius 1 is 1.27 bits per heavy atom. The fourth-order valence-corrected chi connectivity index (χ4v) is 0.958. The zero-order valence-electron chi connectivity index (χ0n) is 8.78. The first kappa shape index (κ1) is 14.2. The minimum atomic E-state index is -4.13. The monoisotopic (exact) mass is 226 g/mol. The maximum absolute atomic E-state index is 11.7. The van der Waals surface area contributed by atoms with E-state index in [-0.39, 0.29) is 25.4 Å². The number of halogens is 3. The average molecular weight is 226 g/mol. The van der Waals surface area contributed by atoms with Gasteiger partial charge in [-0.3, -0.25) is 4.79 Å². The normalized spacial score (nSPS) is 11.5. The summed E-state index contributed by atoms with van der Waals surface area (Å²) in [7, 11) is 0. The summed E-state index contributed by atoms with van der Waals surface area (Å²) in [5.74, 6) is -0.259. The van der Waals surface area contributed by atoms with E-state index in [1.165, 1.54) is 0 Å². The largest absolute Gasteiger partial charge is 0.389 e. The molecule has 0 aromatic carbocycles. The number of carbonyl (C=O) groups excluding carboxylic acids is 1. The quantitative estimate of drug-likeness (QED) is 0.645. The van der Waals surface area contributed by atoms with E-state index in [4.69, 9.17) is 0 Å². The first-order chi connectivity index (χ1) is 6.95. The molecule has 15 heavy (non-hydrogen) atoms. The van der Waals surface area contributed by atoms with Crippen molar-refractivity contribution in [2.24, 2.45) is 0 Å². The average Bonchev–Trinajstić information content (AvgIpc) is 2.11. The molecule has 90 valence electrons. The van der Waals surface area contributed by atoms with Gasteiger partial charge in [-0.05, 0) is 19.4 Å². The molecule has 1 amide bonds. The van der Waals surface area contributed by atoms with Crippen molar-refractivity contribution in [2.45, 2.75) is 32.4 Å². The minimum Gasteiger partial charge on any atom is -0.355 e. The lowest BCUT2D eigenvalue weighted by atomic mass is 10.3. The Bertz CT molecular complexity index is 183. The van der Waals surface area contributed by atoms with Gasteiger partial charge in [0.2, 0.25) is 5.91 Å². The molecule has 2 N–H and O–H groups in total. The van der Waals surface area contributed by atoms with Gasteiger partial charge in [0.25, 0.3) is 0 Å². The Morgan fingerprint density at radius 2 is 1.93 bits per heavy atom. The van der Waals surface area contributed by atoms with Crippen LogP contribution in [-0.2, 0) is 4.79 Å². The maximum atomic E-state index is 11.7. The second-order valence-electron chi connectivity index (χ2n) is 3.25. The van der Waals surface area contributed by atoms with Crippen molar-refractivity contribution < 1.29 is 18.0 Å². The van der Waals surface area contributed by atoms with Gasteiger partial charge in [-0.25, -0.2) is 0 Å². The van der Waals surface area contributed by atoms with Crippen molar-refractivity contribution in [3.05, 3.63) is 0 Å². The van der Waals surface area contributed by atoms with Crippen molar-refractivity contribution in [3.8, 4) is 0 Å². The van der Waals surface area contributed by atoms with Crippen molar-refractivity contribution in [1.29, 1.82) is 0 Å². The molecule has 0 bridgehead atoms. The van der Waals surface area contributed by atoms with Crippen molar-refractivity contribution in [3.63, 3.8) is 0 Å². The molecular weight excluding hydrogens is 209 g/mol. The first-order valence-electron chi connectivity index (χ1n) is 5.00. The van der Waals surface area contributed by atoms with Gasteiger partial charge in [0.15, 0.2) is 0 Å². The Labute approximate surface area is 87.4 Å². The molecule has 6 heteroatoms. The summed E-state index contributed by atoms with van der Waals surface area (Å²) in [6, 6.07) is 0. The van der Waals surface area contributed by atoms with Gasteiger partial charge < -0.3 is 10.6 Å². The van der Waals surface area contributed by atoms with Crippen LogP contribution >= 0.6 is 0 Å². The Hall–Kier alpha value is -0.780. The first-order valence-corrected chi connectivity index (χ1v) is 5.00. The fraction of sp³-hybridized carbons (Fsp3) is 0.889. The molecular formula is C9H17F3N2O. The molecule has 3 nitrogen and oxygen atoms in total. The molecule has 0 unspecified atom stereocenters. The van der Waals surface area contributed by atoms with Crippen LogP contribution in [-0.4, -0.2) is 31.7 Å². The predicted molar refractivity (Wildman–Crippen MR) is 51.5 cm³/mol. The zero-order valence-corrected chi connectivity index (χ0v) is 8.78. The number of rotatable bonds is 7. The lowest BCUT2D eigenvalue weighted by Gasteiger charge is -2.07. The standard InChI is InChI=1S/C9H17F3N2O/c1-2-5-13-7-8(15)14-6-3-4-9(10,11)12/h13H,2-7H2,1H3,(H,14,15). The van der Waals surface area contributed by atoms with Crippen LogP contribution in [0.15, 0.2) is 0 Å². The van der Waals surface area contributed by atoms with Gasteiger partial charge in [0.1, 0.15) is 0 Å².